The average molecular weight is 342 g/mol. The fraction of sp³-hybridized carbons (Fsp3) is 0.471. The fourth-order valence-electron chi connectivity index (χ4n) is 2.58. The van der Waals surface area contributed by atoms with Gasteiger partial charge in [0.05, 0.1) is 5.69 Å². The van der Waals surface area contributed by atoms with Crippen molar-refractivity contribution in [3.63, 3.8) is 0 Å². The Balaban J connectivity index is 1.47. The van der Waals surface area contributed by atoms with Crippen molar-refractivity contribution in [2.24, 2.45) is 5.92 Å². The lowest BCUT2D eigenvalue weighted by molar-refractivity contribution is 0.0938. The van der Waals surface area contributed by atoms with Crippen LogP contribution in [-0.2, 0) is 5.41 Å². The maximum absolute atomic E-state index is 12.0. The second-order valence-electron chi connectivity index (χ2n) is 7.31. The number of nitrogens with one attached hydrogen (secondary N) is 2. The van der Waals surface area contributed by atoms with Crippen molar-refractivity contribution in [2.45, 2.75) is 26.2 Å². The van der Waals surface area contributed by atoms with E-state index in [0.717, 1.165) is 24.6 Å². The van der Waals surface area contributed by atoms with Gasteiger partial charge >= 0.3 is 0 Å². The van der Waals surface area contributed by atoms with Crippen LogP contribution in [0.3, 0.4) is 0 Å². The molecule has 0 radical (unpaired) electrons. The lowest BCUT2D eigenvalue weighted by atomic mass is 9.92. The zero-order valence-electron chi connectivity index (χ0n) is 14.6. The number of aromatic amines is 1. The van der Waals surface area contributed by atoms with E-state index in [4.69, 9.17) is 0 Å². The number of carbonyl (C=O) groups is 1. The first kappa shape index (κ1) is 17.1. The Bertz CT molecular complexity index is 783. The molecule has 0 bridgehead atoms. The van der Waals surface area contributed by atoms with E-state index in [9.17, 15) is 9.59 Å². The normalized spacial score (nSPS) is 14.9. The third-order valence-corrected chi connectivity index (χ3v) is 4.16. The highest BCUT2D eigenvalue weighted by Gasteiger charge is 2.29. The predicted molar refractivity (Wildman–Crippen MR) is 93.6 cm³/mol. The molecule has 2 aromatic rings. The van der Waals surface area contributed by atoms with Gasteiger partial charge in [0.1, 0.15) is 5.69 Å². The molecule has 0 spiro atoms. The number of aromatic nitrogens is 4. The molecule has 2 aromatic heterocycles. The van der Waals surface area contributed by atoms with Crippen molar-refractivity contribution in [2.75, 3.05) is 24.5 Å². The van der Waals surface area contributed by atoms with Gasteiger partial charge in [0.2, 0.25) is 0 Å². The molecule has 1 aliphatic rings. The lowest BCUT2D eigenvalue weighted by Crippen LogP contribution is -2.52. The van der Waals surface area contributed by atoms with Crippen molar-refractivity contribution in [1.82, 2.24) is 25.7 Å². The SMILES string of the molecule is CC(C)(C)c1ccc(N2CC(CNC(=O)c3ccc(=O)[nH]n3)C2)nn1. The van der Waals surface area contributed by atoms with Crippen molar-refractivity contribution >= 4 is 11.7 Å². The summed E-state index contributed by atoms with van der Waals surface area (Å²) in [4.78, 5) is 25.0. The number of carbonyl (C=O) groups excluding carboxylic acids is 1. The zero-order valence-corrected chi connectivity index (χ0v) is 14.6. The molecule has 1 fully saturated rings. The Morgan fingerprint density at radius 2 is 2.00 bits per heavy atom. The first-order valence-electron chi connectivity index (χ1n) is 8.26. The van der Waals surface area contributed by atoms with Gasteiger partial charge in [0.15, 0.2) is 5.82 Å². The molecule has 1 saturated heterocycles. The third kappa shape index (κ3) is 4.01. The molecule has 0 unspecified atom stereocenters. The lowest BCUT2D eigenvalue weighted by Gasteiger charge is -2.40. The molecule has 1 aliphatic heterocycles. The van der Waals surface area contributed by atoms with E-state index in [2.05, 4.69) is 51.4 Å². The van der Waals surface area contributed by atoms with Crippen LogP contribution in [-0.4, -0.2) is 45.9 Å². The molecule has 3 heterocycles. The van der Waals surface area contributed by atoms with Crippen LogP contribution in [0.1, 0.15) is 37.0 Å². The smallest absolute Gasteiger partial charge is 0.271 e. The molecule has 0 aromatic carbocycles. The van der Waals surface area contributed by atoms with Crippen LogP contribution in [0.2, 0.25) is 0 Å². The van der Waals surface area contributed by atoms with Gasteiger partial charge in [0, 0.05) is 37.0 Å². The summed E-state index contributed by atoms with van der Waals surface area (Å²) in [5, 5.41) is 17.4. The van der Waals surface area contributed by atoms with Crippen LogP contribution < -0.4 is 15.8 Å². The summed E-state index contributed by atoms with van der Waals surface area (Å²) in [7, 11) is 0. The first-order chi connectivity index (χ1) is 11.8. The van der Waals surface area contributed by atoms with E-state index in [1.54, 1.807) is 0 Å². The Labute approximate surface area is 145 Å². The van der Waals surface area contributed by atoms with Gasteiger partial charge in [-0.25, -0.2) is 5.10 Å². The zero-order chi connectivity index (χ0) is 18.0. The van der Waals surface area contributed by atoms with E-state index in [-0.39, 0.29) is 22.6 Å². The van der Waals surface area contributed by atoms with Crippen LogP contribution in [0.25, 0.3) is 0 Å². The third-order valence-electron chi connectivity index (χ3n) is 4.16. The predicted octanol–water partition coefficient (Wildman–Crippen LogP) is 0.724. The highest BCUT2D eigenvalue weighted by molar-refractivity contribution is 5.91. The van der Waals surface area contributed by atoms with E-state index in [1.807, 2.05) is 12.1 Å². The number of hydrogen-bond donors (Lipinski definition) is 2. The minimum absolute atomic E-state index is 0.0109. The monoisotopic (exact) mass is 342 g/mol. The second-order valence-corrected chi connectivity index (χ2v) is 7.31. The summed E-state index contributed by atoms with van der Waals surface area (Å²) in [6.45, 7) is 8.53. The molecule has 25 heavy (non-hydrogen) atoms. The summed E-state index contributed by atoms with van der Waals surface area (Å²) in [5.74, 6) is 0.928. The molecule has 0 saturated carbocycles. The van der Waals surface area contributed by atoms with Gasteiger partial charge in [-0.3, -0.25) is 9.59 Å². The summed E-state index contributed by atoms with van der Waals surface area (Å²) in [6, 6.07) is 6.70. The number of hydrogen-bond acceptors (Lipinski definition) is 6. The topological polar surface area (TPSA) is 104 Å². The average Bonchev–Trinajstić information content (AvgIpc) is 2.53. The maximum Gasteiger partial charge on any atom is 0.271 e. The number of rotatable bonds is 4. The van der Waals surface area contributed by atoms with Crippen LogP contribution in [0.4, 0.5) is 5.82 Å². The molecular formula is C17H22N6O2. The number of anilines is 1. The standard InChI is InChI=1S/C17H22N6O2/c1-17(2,3)13-5-6-14(21-20-13)23-9-11(10-23)8-18-16(25)12-4-7-15(24)22-19-12/h4-7,11H,8-10H2,1-3H3,(H,18,25)(H,22,24). The molecule has 2 N–H and O–H groups in total. The van der Waals surface area contributed by atoms with Crippen LogP contribution >= 0.6 is 0 Å². The summed E-state index contributed by atoms with van der Waals surface area (Å²) in [5.41, 5.74) is 0.835. The van der Waals surface area contributed by atoms with Crippen LogP contribution in [0, 0.1) is 5.92 Å². The van der Waals surface area contributed by atoms with Gasteiger partial charge in [-0.05, 0) is 18.2 Å². The number of H-pyrrole nitrogens is 1. The van der Waals surface area contributed by atoms with Gasteiger partial charge in [-0.2, -0.15) is 10.2 Å². The molecule has 0 atom stereocenters. The van der Waals surface area contributed by atoms with E-state index in [0.29, 0.717) is 12.5 Å². The largest absolute Gasteiger partial charge is 0.354 e. The molecule has 3 rings (SSSR count). The van der Waals surface area contributed by atoms with E-state index in [1.165, 1.54) is 12.1 Å². The molecule has 8 heteroatoms. The minimum Gasteiger partial charge on any atom is -0.354 e. The van der Waals surface area contributed by atoms with Crippen molar-refractivity contribution in [1.29, 1.82) is 0 Å². The van der Waals surface area contributed by atoms with Gasteiger partial charge in [-0.1, -0.05) is 20.8 Å². The number of amides is 1. The minimum atomic E-state index is -0.329. The van der Waals surface area contributed by atoms with Crippen LogP contribution in [0.5, 0.6) is 0 Å². The Kier molecular flexibility index (Phi) is 4.52. The summed E-state index contributed by atoms with van der Waals surface area (Å²) in [6.07, 6.45) is 0. The number of nitrogens with zero attached hydrogens (tertiary/aromatic N) is 4. The second kappa shape index (κ2) is 6.62. The van der Waals surface area contributed by atoms with Crippen molar-refractivity contribution in [3.8, 4) is 0 Å². The van der Waals surface area contributed by atoms with Crippen molar-refractivity contribution in [3.05, 3.63) is 46.0 Å². The molecule has 0 aliphatic carbocycles. The van der Waals surface area contributed by atoms with Crippen LogP contribution in [0.15, 0.2) is 29.1 Å². The van der Waals surface area contributed by atoms with Gasteiger partial charge in [-0.15, -0.1) is 5.10 Å². The van der Waals surface area contributed by atoms with Gasteiger partial charge < -0.3 is 10.2 Å². The Hall–Kier alpha value is -2.77. The highest BCUT2D eigenvalue weighted by Crippen LogP contribution is 2.24. The molecule has 8 nitrogen and oxygen atoms in total. The quantitative estimate of drug-likeness (QED) is 0.849. The molecular weight excluding hydrogens is 320 g/mol. The first-order valence-corrected chi connectivity index (χ1v) is 8.26. The molecule has 1 amide bonds. The van der Waals surface area contributed by atoms with Crippen molar-refractivity contribution < 1.29 is 4.79 Å². The van der Waals surface area contributed by atoms with E-state index >= 15 is 0 Å². The van der Waals surface area contributed by atoms with E-state index < -0.39 is 0 Å². The molecule has 132 valence electrons. The Morgan fingerprint density at radius 1 is 1.24 bits per heavy atom. The summed E-state index contributed by atoms with van der Waals surface area (Å²) < 4.78 is 0. The Morgan fingerprint density at radius 3 is 2.56 bits per heavy atom. The summed E-state index contributed by atoms with van der Waals surface area (Å²) >= 11 is 0. The fourth-order valence-corrected chi connectivity index (χ4v) is 2.58. The highest BCUT2D eigenvalue weighted by atomic mass is 16.2. The van der Waals surface area contributed by atoms with Gasteiger partial charge in [0.25, 0.3) is 11.5 Å². The maximum atomic E-state index is 12.0.